The minimum Gasteiger partial charge on any atom is -0.463 e. The smallest absolute Gasteiger partial charge is 0.306 e. The van der Waals surface area contributed by atoms with Gasteiger partial charge in [-0.15, -0.1) is 13.2 Å². The first-order chi connectivity index (χ1) is 24.0. The molecule has 1 spiro atoms. The Morgan fingerprint density at radius 1 is 1.16 bits per heavy atom. The number of alkyl halides is 1. The van der Waals surface area contributed by atoms with Crippen LogP contribution in [0.1, 0.15) is 51.1 Å². The van der Waals surface area contributed by atoms with Crippen molar-refractivity contribution < 1.29 is 33.8 Å². The molecule has 2 bridgehead atoms. The van der Waals surface area contributed by atoms with Gasteiger partial charge in [-0.2, -0.15) is 0 Å². The van der Waals surface area contributed by atoms with Crippen LogP contribution in [-0.2, 0) is 28.7 Å². The average Bonchev–Trinajstić information content (AvgIpc) is 3.70. The van der Waals surface area contributed by atoms with Crippen LogP contribution in [0, 0.1) is 17.8 Å². The molecule has 12 heteroatoms. The number of amides is 3. The minimum absolute atomic E-state index is 0.0928. The monoisotopic (exact) mass is 769 g/mol. The van der Waals surface area contributed by atoms with E-state index >= 15 is 0 Å². The molecule has 5 rings (SSSR count). The number of fused-ring (bicyclic) bond motifs is 1. The van der Waals surface area contributed by atoms with Gasteiger partial charge in [0.05, 0.1) is 36.6 Å². The maximum Gasteiger partial charge on any atom is 0.306 e. The fraction of sp³-hybridized carbons (Fsp3) is 0.474. The highest BCUT2D eigenvalue weighted by Crippen LogP contribution is 2.61. The van der Waals surface area contributed by atoms with Crippen LogP contribution in [-0.4, -0.2) is 82.1 Å². The molecular weight excluding hydrogens is 726 g/mol. The van der Waals surface area contributed by atoms with Crippen LogP contribution in [0.4, 0.5) is 5.69 Å². The minimum atomic E-state index is -1.36. The zero-order valence-electron chi connectivity index (χ0n) is 28.4. The number of hydrogen-bond donors (Lipinski definition) is 2. The number of nitrogens with one attached hydrogen (secondary N) is 1. The van der Waals surface area contributed by atoms with E-state index in [0.29, 0.717) is 30.0 Å². The van der Waals surface area contributed by atoms with Gasteiger partial charge in [0, 0.05) is 28.5 Å². The van der Waals surface area contributed by atoms with Crippen molar-refractivity contribution in [2.45, 2.75) is 74.2 Å². The van der Waals surface area contributed by atoms with E-state index in [9.17, 15) is 24.3 Å². The quantitative estimate of drug-likeness (QED) is 0.134. The third-order valence-electron chi connectivity index (χ3n) is 9.81. The highest BCUT2D eigenvalue weighted by atomic mass is 79.9. The number of allylic oxidation sites excluding steroid dienone is 1. The van der Waals surface area contributed by atoms with Gasteiger partial charge in [-0.3, -0.25) is 19.2 Å². The van der Waals surface area contributed by atoms with E-state index in [1.54, 1.807) is 36.4 Å². The van der Waals surface area contributed by atoms with Crippen molar-refractivity contribution in [3.63, 3.8) is 0 Å². The molecule has 2 aromatic carbocycles. The van der Waals surface area contributed by atoms with E-state index in [4.69, 9.17) is 21.1 Å². The number of esters is 1. The molecule has 0 aromatic heterocycles. The van der Waals surface area contributed by atoms with Gasteiger partial charge in [0.25, 0.3) is 5.91 Å². The number of anilines is 1. The summed E-state index contributed by atoms with van der Waals surface area (Å²) in [6.45, 7) is 11.1. The number of benzene rings is 2. The van der Waals surface area contributed by atoms with Crippen molar-refractivity contribution in [2.24, 2.45) is 17.8 Å². The van der Waals surface area contributed by atoms with E-state index in [1.165, 1.54) is 9.80 Å². The Labute approximate surface area is 306 Å². The van der Waals surface area contributed by atoms with E-state index < -0.39 is 65.4 Å². The molecule has 0 aliphatic carbocycles. The number of halogens is 2. The van der Waals surface area contributed by atoms with Crippen molar-refractivity contribution in [1.29, 1.82) is 0 Å². The van der Waals surface area contributed by atoms with Gasteiger partial charge in [0.2, 0.25) is 11.8 Å². The summed E-state index contributed by atoms with van der Waals surface area (Å²) in [6, 6.07) is 13.4. The molecule has 2 aromatic rings. The molecule has 3 heterocycles. The lowest BCUT2D eigenvalue weighted by atomic mass is 9.70. The van der Waals surface area contributed by atoms with E-state index in [1.807, 2.05) is 44.2 Å². The predicted molar refractivity (Wildman–Crippen MR) is 195 cm³/mol. The maximum absolute atomic E-state index is 14.9. The lowest BCUT2D eigenvalue weighted by molar-refractivity contribution is -0.146. The summed E-state index contributed by atoms with van der Waals surface area (Å²) >= 11 is 9.91. The Kier molecular flexibility index (Phi) is 12.2. The molecule has 10 nitrogen and oxygen atoms in total. The number of ether oxygens (including phenoxy) is 2. The highest BCUT2D eigenvalue weighted by molar-refractivity contribution is 9.09. The van der Waals surface area contributed by atoms with Crippen molar-refractivity contribution in [3.05, 3.63) is 90.5 Å². The molecule has 3 aliphatic rings. The van der Waals surface area contributed by atoms with Crippen LogP contribution in [0.2, 0.25) is 5.02 Å². The number of aliphatic hydroxyl groups excluding tert-OH is 1. The summed E-state index contributed by atoms with van der Waals surface area (Å²) in [6.07, 6.45) is 3.88. The molecule has 50 heavy (non-hydrogen) atoms. The first-order valence-corrected chi connectivity index (χ1v) is 18.3. The van der Waals surface area contributed by atoms with Crippen LogP contribution in [0.5, 0.6) is 0 Å². The zero-order valence-corrected chi connectivity index (χ0v) is 30.7. The summed E-state index contributed by atoms with van der Waals surface area (Å²) in [7, 11) is 0. The number of rotatable bonds is 16. The molecule has 0 radical (unpaired) electrons. The Morgan fingerprint density at radius 2 is 1.86 bits per heavy atom. The molecule has 0 saturated carbocycles. The fourth-order valence-electron chi connectivity index (χ4n) is 7.72. The van der Waals surface area contributed by atoms with E-state index in [2.05, 4.69) is 34.4 Å². The number of carbonyl (C=O) groups is 4. The zero-order chi connectivity index (χ0) is 36.2. The number of hydrogen-bond acceptors (Lipinski definition) is 7. The lowest BCUT2D eigenvalue weighted by Gasteiger charge is -2.39. The first-order valence-electron chi connectivity index (χ1n) is 17.0. The van der Waals surface area contributed by atoms with Crippen molar-refractivity contribution >= 4 is 56.9 Å². The summed E-state index contributed by atoms with van der Waals surface area (Å²) in [5.41, 5.74) is -0.0780. The molecule has 3 aliphatic heterocycles. The van der Waals surface area contributed by atoms with Crippen LogP contribution < -0.4 is 10.2 Å². The Balaban J connectivity index is 1.53. The predicted octanol–water partition coefficient (Wildman–Crippen LogP) is 5.38. The first kappa shape index (κ1) is 37.7. The standard InChI is InChI=1S/C38H45BrClN3O7/c1-5-7-13-30(45)49-22-29(24-11-9-8-10-12-24)41-35(46)31-32-36(47)43(27(21-44)19-23(3)4)34(38(32)20-28(39)33(31)50-38)37(48)42(18-6-2)26-16-14-25(40)15-17-26/h5-6,8-12,14-17,23,27-29,31-34,44H,1-2,7,13,18-22H2,3-4H3,(H,41,46)/t27-,28?,29-,31-,32+,33-,34-,38+/m1/s1. The fourth-order valence-corrected chi connectivity index (χ4v) is 8.79. The van der Waals surface area contributed by atoms with Crippen LogP contribution in [0.3, 0.4) is 0 Å². The lowest BCUT2D eigenvalue weighted by Crippen LogP contribution is -2.59. The topological polar surface area (TPSA) is 125 Å². The Morgan fingerprint density at radius 3 is 2.48 bits per heavy atom. The van der Waals surface area contributed by atoms with Crippen LogP contribution in [0.15, 0.2) is 79.9 Å². The highest BCUT2D eigenvalue weighted by Gasteiger charge is 2.77. The summed E-state index contributed by atoms with van der Waals surface area (Å²) in [4.78, 5) is 59.2. The molecule has 3 amide bonds. The second kappa shape index (κ2) is 16.2. The van der Waals surface area contributed by atoms with Gasteiger partial charge < -0.3 is 29.7 Å². The van der Waals surface area contributed by atoms with E-state index in [0.717, 1.165) is 5.56 Å². The number of likely N-dealkylation sites (tertiary alicyclic amines) is 1. The largest absolute Gasteiger partial charge is 0.463 e. The second-order valence-corrected chi connectivity index (χ2v) is 15.2. The Bertz CT molecular complexity index is 1570. The average molecular weight is 771 g/mol. The normalized spacial score (nSPS) is 26.3. The van der Waals surface area contributed by atoms with Gasteiger partial charge in [-0.25, -0.2) is 0 Å². The van der Waals surface area contributed by atoms with Crippen molar-refractivity contribution in [1.82, 2.24) is 10.2 Å². The van der Waals surface area contributed by atoms with Crippen molar-refractivity contribution in [3.8, 4) is 0 Å². The summed E-state index contributed by atoms with van der Waals surface area (Å²) in [5.74, 6) is -3.56. The van der Waals surface area contributed by atoms with Crippen molar-refractivity contribution in [2.75, 3.05) is 24.7 Å². The van der Waals surface area contributed by atoms with Crippen LogP contribution in [0.25, 0.3) is 0 Å². The SMILES string of the molecule is C=CCCC(=O)OC[C@@H](NC(=O)[C@H]1[C@@H]2O[C@@]3(CC2Br)[C@@H]1C(=O)N([C@@H](CO)CC(C)C)[C@@H]3C(=O)N(CC=C)c1ccc(Cl)cc1)c1ccccc1. The molecule has 3 fully saturated rings. The molecule has 268 valence electrons. The van der Waals surface area contributed by atoms with Crippen LogP contribution >= 0.6 is 27.5 Å². The number of nitrogens with zero attached hydrogens (tertiary/aromatic N) is 2. The summed E-state index contributed by atoms with van der Waals surface area (Å²) < 4.78 is 12.3. The van der Waals surface area contributed by atoms with E-state index in [-0.39, 0.29) is 36.9 Å². The molecular formula is C38H45BrClN3O7. The van der Waals surface area contributed by atoms with Gasteiger partial charge in [0.1, 0.15) is 18.2 Å². The number of aliphatic hydroxyl groups is 1. The third-order valence-corrected chi connectivity index (χ3v) is 10.9. The van der Waals surface area contributed by atoms with Gasteiger partial charge in [0.15, 0.2) is 0 Å². The second-order valence-electron chi connectivity index (χ2n) is 13.6. The molecule has 1 unspecified atom stereocenters. The Hall–Kier alpha value is -3.51. The molecule has 2 N–H and O–H groups in total. The maximum atomic E-state index is 14.9. The third kappa shape index (κ3) is 7.42. The summed E-state index contributed by atoms with van der Waals surface area (Å²) in [5, 5.41) is 14.2. The van der Waals surface area contributed by atoms with Gasteiger partial charge in [-0.1, -0.05) is 83.9 Å². The molecule has 3 saturated heterocycles. The van der Waals surface area contributed by atoms with Gasteiger partial charge >= 0.3 is 5.97 Å². The van der Waals surface area contributed by atoms with Gasteiger partial charge in [-0.05, 0) is 55.0 Å². The molecule has 8 atom stereocenters. The number of carbonyl (C=O) groups excluding carboxylic acids is 4.